The first kappa shape index (κ1) is 15.3. The van der Waals surface area contributed by atoms with Crippen molar-refractivity contribution in [3.63, 3.8) is 0 Å². The van der Waals surface area contributed by atoms with Crippen LogP contribution in [0.4, 0.5) is 0 Å². The van der Waals surface area contributed by atoms with Crippen molar-refractivity contribution in [1.82, 2.24) is 9.55 Å². The second-order valence-electron chi connectivity index (χ2n) is 4.68. The Bertz CT molecular complexity index is 626. The third-order valence-corrected chi connectivity index (χ3v) is 4.77. The molecule has 104 valence electrons. The summed E-state index contributed by atoms with van der Waals surface area (Å²) in [5.74, 6) is 1.45. The summed E-state index contributed by atoms with van der Waals surface area (Å²) in [5, 5.41) is -0.169. The van der Waals surface area contributed by atoms with Gasteiger partial charge in [-0.3, -0.25) is 4.21 Å². The number of hydrogen-bond acceptors (Lipinski definition) is 2. The molecule has 1 aromatic carbocycles. The van der Waals surface area contributed by atoms with Gasteiger partial charge in [-0.2, -0.15) is 0 Å². The molecular formula is C13H16ClIN2OS. The van der Waals surface area contributed by atoms with Gasteiger partial charge in [0.1, 0.15) is 5.82 Å². The van der Waals surface area contributed by atoms with Crippen LogP contribution < -0.4 is 0 Å². The van der Waals surface area contributed by atoms with E-state index in [1.807, 2.05) is 13.0 Å². The van der Waals surface area contributed by atoms with Crippen LogP contribution in [0, 0.1) is 3.57 Å². The van der Waals surface area contributed by atoms with E-state index in [2.05, 4.69) is 51.2 Å². The fourth-order valence-electron chi connectivity index (χ4n) is 2.25. The molecule has 19 heavy (non-hydrogen) atoms. The normalized spacial score (nSPS) is 16.5. The zero-order chi connectivity index (χ0) is 14.2. The topological polar surface area (TPSA) is 34.9 Å². The molecular weight excluding hydrogens is 395 g/mol. The molecule has 0 amide bonds. The number of rotatable bonds is 4. The first-order valence-electron chi connectivity index (χ1n) is 6.01. The molecule has 0 aliphatic rings. The fraction of sp³-hybridized carbons (Fsp3) is 0.462. The smallest absolute Gasteiger partial charge is 0.127 e. The van der Waals surface area contributed by atoms with Gasteiger partial charge in [-0.1, -0.05) is 0 Å². The van der Waals surface area contributed by atoms with Crippen molar-refractivity contribution in [2.75, 3.05) is 12.0 Å². The molecule has 0 aliphatic carbocycles. The molecule has 0 saturated heterocycles. The van der Waals surface area contributed by atoms with E-state index in [0.29, 0.717) is 5.75 Å². The van der Waals surface area contributed by atoms with E-state index in [-0.39, 0.29) is 11.4 Å². The summed E-state index contributed by atoms with van der Waals surface area (Å²) < 4.78 is 14.7. The molecule has 0 radical (unpaired) electrons. The van der Waals surface area contributed by atoms with E-state index in [9.17, 15) is 4.21 Å². The molecule has 0 bridgehead atoms. The molecule has 2 rings (SSSR count). The standard InChI is InChI=1S/C13H16ClIN2OS/c1-8(7-19(3)18)17-12-5-4-10(15)6-11(12)16-13(17)9(2)14/h4-6,8-9H,7H2,1-3H3. The lowest BCUT2D eigenvalue weighted by Crippen LogP contribution is -2.15. The molecule has 0 spiro atoms. The number of halogens is 2. The molecule has 0 aliphatic heterocycles. The Hall–Kier alpha value is -0.140. The minimum atomic E-state index is -0.842. The van der Waals surface area contributed by atoms with Crippen LogP contribution in [0.15, 0.2) is 18.2 Å². The first-order chi connectivity index (χ1) is 8.90. The number of benzene rings is 1. The quantitative estimate of drug-likeness (QED) is 0.566. The Morgan fingerprint density at radius 2 is 2.16 bits per heavy atom. The zero-order valence-corrected chi connectivity index (χ0v) is 14.8. The van der Waals surface area contributed by atoms with Crippen LogP contribution in [0.3, 0.4) is 0 Å². The van der Waals surface area contributed by atoms with Gasteiger partial charge in [0.15, 0.2) is 0 Å². The summed E-state index contributed by atoms with van der Waals surface area (Å²) in [4.78, 5) is 4.63. The summed E-state index contributed by atoms with van der Waals surface area (Å²) in [6.07, 6.45) is 1.72. The number of hydrogen-bond donors (Lipinski definition) is 0. The number of aromatic nitrogens is 2. The van der Waals surface area contributed by atoms with E-state index in [0.717, 1.165) is 20.4 Å². The first-order valence-corrected chi connectivity index (χ1v) is 9.26. The summed E-state index contributed by atoms with van der Waals surface area (Å²) in [6, 6.07) is 6.28. The Morgan fingerprint density at radius 3 is 2.74 bits per heavy atom. The van der Waals surface area contributed by atoms with Crippen molar-refractivity contribution in [2.24, 2.45) is 0 Å². The van der Waals surface area contributed by atoms with Crippen molar-refractivity contribution in [3.8, 4) is 0 Å². The SMILES string of the molecule is CC(Cl)c1nc2cc(I)ccc2n1C(C)CS(C)=O. The minimum absolute atomic E-state index is 0.118. The summed E-state index contributed by atoms with van der Waals surface area (Å²) in [7, 11) is -0.842. The molecule has 0 fully saturated rings. The second-order valence-corrected chi connectivity index (χ2v) is 8.06. The summed E-state index contributed by atoms with van der Waals surface area (Å²) in [5.41, 5.74) is 2.00. The highest BCUT2D eigenvalue weighted by Gasteiger charge is 2.19. The van der Waals surface area contributed by atoms with Crippen LogP contribution in [-0.2, 0) is 10.8 Å². The highest BCUT2D eigenvalue weighted by Crippen LogP contribution is 2.29. The zero-order valence-electron chi connectivity index (χ0n) is 11.1. The van der Waals surface area contributed by atoms with Crippen LogP contribution in [0.2, 0.25) is 0 Å². The number of fused-ring (bicyclic) bond motifs is 1. The molecule has 0 N–H and O–H groups in total. The lowest BCUT2D eigenvalue weighted by atomic mass is 10.3. The average molecular weight is 411 g/mol. The Morgan fingerprint density at radius 1 is 1.47 bits per heavy atom. The summed E-state index contributed by atoms with van der Waals surface area (Å²) in [6.45, 7) is 3.98. The number of nitrogens with zero attached hydrogens (tertiary/aromatic N) is 2. The van der Waals surface area contributed by atoms with Gasteiger partial charge >= 0.3 is 0 Å². The van der Waals surface area contributed by atoms with Crippen molar-refractivity contribution >= 4 is 56.0 Å². The van der Waals surface area contributed by atoms with Gasteiger partial charge in [0, 0.05) is 32.4 Å². The maximum atomic E-state index is 11.5. The summed E-state index contributed by atoms with van der Waals surface area (Å²) >= 11 is 8.51. The van der Waals surface area contributed by atoms with Crippen molar-refractivity contribution in [1.29, 1.82) is 0 Å². The largest absolute Gasteiger partial charge is 0.323 e. The molecule has 3 nitrogen and oxygen atoms in total. The predicted octanol–water partition coefficient (Wildman–Crippen LogP) is 3.88. The van der Waals surface area contributed by atoms with E-state index in [4.69, 9.17) is 11.6 Å². The van der Waals surface area contributed by atoms with Crippen molar-refractivity contribution in [3.05, 3.63) is 27.6 Å². The van der Waals surface area contributed by atoms with E-state index >= 15 is 0 Å². The van der Waals surface area contributed by atoms with Crippen LogP contribution in [0.5, 0.6) is 0 Å². The van der Waals surface area contributed by atoms with E-state index < -0.39 is 10.8 Å². The Labute approximate surface area is 134 Å². The van der Waals surface area contributed by atoms with Crippen LogP contribution in [0.25, 0.3) is 11.0 Å². The van der Waals surface area contributed by atoms with Gasteiger partial charge < -0.3 is 4.57 Å². The molecule has 6 heteroatoms. The Balaban J connectivity index is 2.61. The molecule has 3 unspecified atom stereocenters. The second kappa shape index (κ2) is 6.10. The van der Waals surface area contributed by atoms with Gasteiger partial charge in [0.05, 0.1) is 16.4 Å². The number of imidazole rings is 1. The highest BCUT2D eigenvalue weighted by atomic mass is 127. The van der Waals surface area contributed by atoms with Crippen molar-refractivity contribution in [2.45, 2.75) is 25.3 Å². The van der Waals surface area contributed by atoms with Gasteiger partial charge in [-0.25, -0.2) is 4.98 Å². The molecule has 3 atom stereocenters. The van der Waals surface area contributed by atoms with Crippen LogP contribution in [-0.4, -0.2) is 25.8 Å². The Kier molecular flexibility index (Phi) is 4.89. The third kappa shape index (κ3) is 3.31. The fourth-order valence-corrected chi connectivity index (χ4v) is 3.71. The molecule has 1 aromatic heterocycles. The third-order valence-electron chi connectivity index (χ3n) is 2.95. The van der Waals surface area contributed by atoms with Gasteiger partial charge in [0.25, 0.3) is 0 Å². The highest BCUT2D eigenvalue weighted by molar-refractivity contribution is 14.1. The lowest BCUT2D eigenvalue weighted by molar-refractivity contribution is 0.583. The molecule has 1 heterocycles. The van der Waals surface area contributed by atoms with E-state index in [1.54, 1.807) is 6.26 Å². The molecule has 0 saturated carbocycles. The predicted molar refractivity (Wildman–Crippen MR) is 90.4 cm³/mol. The van der Waals surface area contributed by atoms with Gasteiger partial charge in [0.2, 0.25) is 0 Å². The maximum absolute atomic E-state index is 11.5. The van der Waals surface area contributed by atoms with Crippen LogP contribution in [0.1, 0.15) is 31.1 Å². The monoisotopic (exact) mass is 410 g/mol. The minimum Gasteiger partial charge on any atom is -0.323 e. The molecule has 2 aromatic rings. The average Bonchev–Trinajstić information content (AvgIpc) is 2.66. The lowest BCUT2D eigenvalue weighted by Gasteiger charge is -2.17. The van der Waals surface area contributed by atoms with Crippen molar-refractivity contribution < 1.29 is 4.21 Å². The van der Waals surface area contributed by atoms with E-state index in [1.165, 1.54) is 0 Å². The van der Waals surface area contributed by atoms with Gasteiger partial charge in [-0.15, -0.1) is 11.6 Å². The number of alkyl halides is 1. The van der Waals surface area contributed by atoms with Crippen LogP contribution >= 0.6 is 34.2 Å². The maximum Gasteiger partial charge on any atom is 0.127 e. The van der Waals surface area contributed by atoms with Gasteiger partial charge in [-0.05, 0) is 54.6 Å².